The maximum absolute atomic E-state index is 11.6. The molecule has 1 amide bonds. The highest BCUT2D eigenvalue weighted by molar-refractivity contribution is 5.90. The molecule has 0 radical (unpaired) electrons. The molecule has 3 N–H and O–H groups in total. The minimum absolute atomic E-state index is 0.0383. The summed E-state index contributed by atoms with van der Waals surface area (Å²) in [4.78, 5) is 22.1. The molecule has 0 unspecified atom stereocenters. The van der Waals surface area contributed by atoms with E-state index in [-0.39, 0.29) is 18.7 Å². The van der Waals surface area contributed by atoms with Crippen LogP contribution in [0.3, 0.4) is 0 Å². The lowest BCUT2D eigenvalue weighted by molar-refractivity contribution is -0.139. The normalized spacial score (nSPS) is 11.1. The maximum atomic E-state index is 11.6. The Morgan fingerprint density at radius 3 is 2.69 bits per heavy atom. The number of carbonyl (C=O) groups excluding carboxylic acids is 1. The van der Waals surface area contributed by atoms with Crippen molar-refractivity contribution >= 4 is 17.7 Å². The number of nitrogens with one attached hydrogen (secondary N) is 2. The minimum Gasteiger partial charge on any atom is -0.481 e. The standard InChI is InChI=1S/C10H15N3O3/c1-10(2,6-9(15)16)5-8(14)12-7-3-4-11-13-7/h3-4H,5-6H2,1-2H3,(H,15,16)(H2,11,12,13,14). The zero-order valence-corrected chi connectivity index (χ0v) is 9.28. The van der Waals surface area contributed by atoms with Gasteiger partial charge in [-0.25, -0.2) is 0 Å². The van der Waals surface area contributed by atoms with Crippen molar-refractivity contribution in [2.75, 3.05) is 5.32 Å². The third kappa shape index (κ3) is 4.12. The zero-order valence-electron chi connectivity index (χ0n) is 9.28. The molecular formula is C10H15N3O3. The molecule has 0 aromatic carbocycles. The van der Waals surface area contributed by atoms with E-state index in [1.165, 1.54) is 6.20 Å². The number of rotatable bonds is 5. The number of anilines is 1. The minimum atomic E-state index is -0.903. The summed E-state index contributed by atoms with van der Waals surface area (Å²) in [6.45, 7) is 3.49. The summed E-state index contributed by atoms with van der Waals surface area (Å²) in [6.07, 6.45) is 1.64. The molecular weight excluding hydrogens is 210 g/mol. The smallest absolute Gasteiger partial charge is 0.303 e. The third-order valence-electron chi connectivity index (χ3n) is 2.04. The van der Waals surface area contributed by atoms with Gasteiger partial charge in [-0.1, -0.05) is 13.8 Å². The lowest BCUT2D eigenvalue weighted by atomic mass is 9.85. The van der Waals surface area contributed by atoms with Gasteiger partial charge in [0.15, 0.2) is 0 Å². The molecule has 0 fully saturated rings. The first-order valence-electron chi connectivity index (χ1n) is 4.90. The van der Waals surface area contributed by atoms with E-state index in [2.05, 4.69) is 15.5 Å². The molecule has 0 aliphatic carbocycles. The lowest BCUT2D eigenvalue weighted by Gasteiger charge is -2.21. The van der Waals surface area contributed by atoms with Crippen molar-refractivity contribution in [1.29, 1.82) is 0 Å². The van der Waals surface area contributed by atoms with E-state index in [4.69, 9.17) is 5.11 Å². The second kappa shape index (κ2) is 4.78. The van der Waals surface area contributed by atoms with Gasteiger partial charge in [0.05, 0.1) is 12.6 Å². The van der Waals surface area contributed by atoms with Crippen LogP contribution in [-0.2, 0) is 9.59 Å². The molecule has 1 heterocycles. The molecule has 16 heavy (non-hydrogen) atoms. The lowest BCUT2D eigenvalue weighted by Crippen LogP contribution is -2.24. The summed E-state index contributed by atoms with van der Waals surface area (Å²) >= 11 is 0. The number of carbonyl (C=O) groups is 2. The maximum Gasteiger partial charge on any atom is 0.303 e. The van der Waals surface area contributed by atoms with E-state index in [1.807, 2.05) is 0 Å². The second-order valence-electron chi connectivity index (χ2n) is 4.43. The Hall–Kier alpha value is -1.85. The molecule has 1 aromatic heterocycles. The van der Waals surface area contributed by atoms with Gasteiger partial charge in [0.2, 0.25) is 5.91 Å². The van der Waals surface area contributed by atoms with Gasteiger partial charge in [0, 0.05) is 12.5 Å². The van der Waals surface area contributed by atoms with Gasteiger partial charge < -0.3 is 10.4 Å². The second-order valence-corrected chi connectivity index (χ2v) is 4.43. The van der Waals surface area contributed by atoms with Crippen molar-refractivity contribution < 1.29 is 14.7 Å². The van der Waals surface area contributed by atoms with Crippen LogP contribution < -0.4 is 5.32 Å². The number of nitrogens with zero attached hydrogens (tertiary/aromatic N) is 1. The largest absolute Gasteiger partial charge is 0.481 e. The zero-order chi connectivity index (χ0) is 12.2. The number of H-pyrrole nitrogens is 1. The van der Waals surface area contributed by atoms with Crippen LogP contribution in [0.2, 0.25) is 0 Å². The first kappa shape index (κ1) is 12.2. The number of hydrogen-bond donors (Lipinski definition) is 3. The van der Waals surface area contributed by atoms with Gasteiger partial charge in [0.25, 0.3) is 0 Å². The molecule has 0 aliphatic heterocycles. The Labute approximate surface area is 93.1 Å². The van der Waals surface area contributed by atoms with Crippen LogP contribution >= 0.6 is 0 Å². The topological polar surface area (TPSA) is 95.1 Å². The van der Waals surface area contributed by atoms with E-state index in [0.29, 0.717) is 5.82 Å². The monoisotopic (exact) mass is 225 g/mol. The van der Waals surface area contributed by atoms with Crippen LogP contribution in [0.5, 0.6) is 0 Å². The number of carboxylic acids is 1. The summed E-state index contributed by atoms with van der Waals surface area (Å²) in [7, 11) is 0. The number of aromatic nitrogens is 2. The fourth-order valence-electron chi connectivity index (χ4n) is 1.43. The van der Waals surface area contributed by atoms with Gasteiger partial charge in [-0.05, 0) is 5.41 Å². The fraction of sp³-hybridized carbons (Fsp3) is 0.500. The SMILES string of the molecule is CC(C)(CC(=O)O)CC(=O)Nc1ccn[nH]1. The van der Waals surface area contributed by atoms with Crippen molar-refractivity contribution in [1.82, 2.24) is 10.2 Å². The highest BCUT2D eigenvalue weighted by Gasteiger charge is 2.25. The molecule has 1 aromatic rings. The van der Waals surface area contributed by atoms with Crippen LogP contribution in [0, 0.1) is 5.41 Å². The average Bonchev–Trinajstić information content (AvgIpc) is 2.51. The molecule has 0 aliphatic rings. The molecule has 0 bridgehead atoms. The average molecular weight is 225 g/mol. The summed E-state index contributed by atoms with van der Waals surface area (Å²) in [5.41, 5.74) is -0.560. The number of carboxylic acid groups (broad SMARTS) is 1. The Morgan fingerprint density at radius 1 is 1.50 bits per heavy atom. The fourth-order valence-corrected chi connectivity index (χ4v) is 1.43. The van der Waals surface area contributed by atoms with Gasteiger partial charge in [-0.15, -0.1) is 0 Å². The molecule has 0 saturated heterocycles. The van der Waals surface area contributed by atoms with Crippen LogP contribution in [0.1, 0.15) is 26.7 Å². The van der Waals surface area contributed by atoms with E-state index in [1.54, 1.807) is 19.9 Å². The Morgan fingerprint density at radius 2 is 2.19 bits per heavy atom. The van der Waals surface area contributed by atoms with Gasteiger partial charge in [-0.3, -0.25) is 14.7 Å². The molecule has 88 valence electrons. The first-order chi connectivity index (χ1) is 7.39. The predicted molar refractivity (Wildman–Crippen MR) is 57.9 cm³/mol. The van der Waals surface area contributed by atoms with E-state index in [0.717, 1.165) is 0 Å². The Bertz CT molecular complexity index is 371. The van der Waals surface area contributed by atoms with Crippen molar-refractivity contribution in [3.8, 4) is 0 Å². The summed E-state index contributed by atoms with van der Waals surface area (Å²) in [6, 6.07) is 1.63. The number of aromatic amines is 1. The van der Waals surface area contributed by atoms with Crippen LogP contribution in [0.25, 0.3) is 0 Å². The number of hydrogen-bond acceptors (Lipinski definition) is 3. The molecule has 0 atom stereocenters. The first-order valence-corrected chi connectivity index (χ1v) is 4.90. The molecule has 0 spiro atoms. The van der Waals surface area contributed by atoms with Crippen molar-refractivity contribution in [3.05, 3.63) is 12.3 Å². The number of aliphatic carboxylic acids is 1. The quantitative estimate of drug-likeness (QED) is 0.702. The van der Waals surface area contributed by atoms with Gasteiger partial charge >= 0.3 is 5.97 Å². The Balaban J connectivity index is 2.47. The predicted octanol–water partition coefficient (Wildman–Crippen LogP) is 1.24. The summed E-state index contributed by atoms with van der Waals surface area (Å²) in [5, 5.41) is 17.6. The highest BCUT2D eigenvalue weighted by atomic mass is 16.4. The van der Waals surface area contributed by atoms with Crippen molar-refractivity contribution in [3.63, 3.8) is 0 Å². The van der Waals surface area contributed by atoms with E-state index in [9.17, 15) is 9.59 Å². The highest BCUT2D eigenvalue weighted by Crippen LogP contribution is 2.25. The van der Waals surface area contributed by atoms with Gasteiger partial charge in [0.1, 0.15) is 5.82 Å². The van der Waals surface area contributed by atoms with Crippen molar-refractivity contribution in [2.45, 2.75) is 26.7 Å². The summed E-state index contributed by atoms with van der Waals surface area (Å²) < 4.78 is 0. The summed E-state index contributed by atoms with van der Waals surface area (Å²) in [5.74, 6) is -0.619. The Kier molecular flexibility index (Phi) is 3.65. The van der Waals surface area contributed by atoms with Crippen LogP contribution in [-0.4, -0.2) is 27.2 Å². The number of amides is 1. The molecule has 6 heteroatoms. The van der Waals surface area contributed by atoms with Gasteiger partial charge in [-0.2, -0.15) is 5.10 Å². The molecule has 0 saturated carbocycles. The third-order valence-corrected chi connectivity index (χ3v) is 2.04. The van der Waals surface area contributed by atoms with Crippen LogP contribution in [0.4, 0.5) is 5.82 Å². The van der Waals surface area contributed by atoms with Crippen molar-refractivity contribution in [2.24, 2.45) is 5.41 Å². The van der Waals surface area contributed by atoms with Crippen LogP contribution in [0.15, 0.2) is 12.3 Å². The molecule has 1 rings (SSSR count). The van der Waals surface area contributed by atoms with E-state index >= 15 is 0 Å². The molecule has 6 nitrogen and oxygen atoms in total. The van der Waals surface area contributed by atoms with E-state index < -0.39 is 11.4 Å².